The first-order valence-electron chi connectivity index (χ1n) is 7.24. The van der Waals surface area contributed by atoms with Crippen molar-refractivity contribution in [2.75, 3.05) is 5.32 Å². The molecule has 3 heteroatoms. The van der Waals surface area contributed by atoms with Gasteiger partial charge in [-0.05, 0) is 60.7 Å². The van der Waals surface area contributed by atoms with Crippen molar-refractivity contribution in [2.24, 2.45) is 0 Å². The molecule has 0 aliphatic heterocycles. The van der Waals surface area contributed by atoms with E-state index in [2.05, 4.69) is 28.5 Å². The van der Waals surface area contributed by atoms with E-state index in [1.54, 1.807) is 0 Å². The SMILES string of the molecule is Clc1cccc2ccc(Nc3ccc4c(c3)CCC4)nc12. The molecule has 1 aromatic heterocycles. The minimum absolute atomic E-state index is 0.685. The Morgan fingerprint density at radius 2 is 1.86 bits per heavy atom. The molecular weight excluding hydrogens is 280 g/mol. The van der Waals surface area contributed by atoms with Gasteiger partial charge in [-0.15, -0.1) is 0 Å². The van der Waals surface area contributed by atoms with Crippen LogP contribution >= 0.6 is 11.6 Å². The number of nitrogens with one attached hydrogen (secondary N) is 1. The summed E-state index contributed by atoms with van der Waals surface area (Å²) < 4.78 is 0. The molecule has 1 heterocycles. The van der Waals surface area contributed by atoms with Crippen LogP contribution in [0, 0.1) is 0 Å². The van der Waals surface area contributed by atoms with Gasteiger partial charge in [0.25, 0.3) is 0 Å². The van der Waals surface area contributed by atoms with E-state index in [4.69, 9.17) is 11.6 Å². The van der Waals surface area contributed by atoms with Crippen molar-refractivity contribution >= 4 is 34.0 Å². The van der Waals surface area contributed by atoms with E-state index in [0.29, 0.717) is 5.02 Å². The van der Waals surface area contributed by atoms with Gasteiger partial charge in [0.1, 0.15) is 5.82 Å². The van der Waals surface area contributed by atoms with Crippen LogP contribution in [-0.2, 0) is 12.8 Å². The number of benzene rings is 2. The lowest BCUT2D eigenvalue weighted by molar-refractivity contribution is 0.912. The van der Waals surface area contributed by atoms with Crippen LogP contribution in [0.3, 0.4) is 0 Å². The standard InChI is InChI=1S/C18H15ClN2/c19-16-6-2-4-13-8-10-17(21-18(13)16)20-15-9-7-12-3-1-5-14(12)11-15/h2,4,6-11H,1,3,5H2,(H,20,21). The third-order valence-corrected chi connectivity index (χ3v) is 4.35. The number of nitrogens with zero attached hydrogens (tertiary/aromatic N) is 1. The van der Waals surface area contributed by atoms with Gasteiger partial charge in [-0.1, -0.05) is 29.8 Å². The van der Waals surface area contributed by atoms with E-state index in [-0.39, 0.29) is 0 Å². The number of halogens is 1. The molecule has 104 valence electrons. The Morgan fingerprint density at radius 3 is 2.81 bits per heavy atom. The highest BCUT2D eigenvalue weighted by atomic mass is 35.5. The molecular formula is C18H15ClN2. The summed E-state index contributed by atoms with van der Waals surface area (Å²) in [5.41, 5.74) is 4.87. The summed E-state index contributed by atoms with van der Waals surface area (Å²) in [4.78, 5) is 4.62. The zero-order valence-electron chi connectivity index (χ0n) is 11.6. The van der Waals surface area contributed by atoms with Crippen molar-refractivity contribution < 1.29 is 0 Å². The third kappa shape index (κ3) is 2.36. The lowest BCUT2D eigenvalue weighted by Gasteiger charge is -2.09. The molecule has 0 radical (unpaired) electrons. The van der Waals surface area contributed by atoms with Gasteiger partial charge in [-0.25, -0.2) is 4.98 Å². The second-order valence-electron chi connectivity index (χ2n) is 5.47. The van der Waals surface area contributed by atoms with Crippen LogP contribution < -0.4 is 5.32 Å². The zero-order valence-corrected chi connectivity index (χ0v) is 12.3. The van der Waals surface area contributed by atoms with E-state index in [1.165, 1.54) is 30.4 Å². The molecule has 1 aliphatic rings. The first-order valence-corrected chi connectivity index (χ1v) is 7.61. The number of hydrogen-bond acceptors (Lipinski definition) is 2. The van der Waals surface area contributed by atoms with Crippen LogP contribution in [0.4, 0.5) is 11.5 Å². The molecule has 2 nitrogen and oxygen atoms in total. The first-order chi connectivity index (χ1) is 10.3. The number of hydrogen-bond donors (Lipinski definition) is 1. The summed E-state index contributed by atoms with van der Waals surface area (Å²) in [6.07, 6.45) is 3.66. The fraction of sp³-hybridized carbons (Fsp3) is 0.167. The molecule has 0 bridgehead atoms. The van der Waals surface area contributed by atoms with E-state index in [1.807, 2.05) is 30.3 Å². The Morgan fingerprint density at radius 1 is 0.952 bits per heavy atom. The molecule has 21 heavy (non-hydrogen) atoms. The molecule has 0 amide bonds. The number of aryl methyl sites for hydroxylation is 2. The molecule has 1 aliphatic carbocycles. The second kappa shape index (κ2) is 5.05. The Bertz CT molecular complexity index is 827. The first kappa shape index (κ1) is 12.7. The van der Waals surface area contributed by atoms with Crippen molar-refractivity contribution in [1.82, 2.24) is 4.98 Å². The van der Waals surface area contributed by atoms with Gasteiger partial charge in [0.2, 0.25) is 0 Å². The van der Waals surface area contributed by atoms with Crippen LogP contribution in [0.1, 0.15) is 17.5 Å². The van der Waals surface area contributed by atoms with Gasteiger partial charge in [0.15, 0.2) is 0 Å². The topological polar surface area (TPSA) is 24.9 Å². The minimum Gasteiger partial charge on any atom is -0.340 e. The van der Waals surface area contributed by atoms with Crippen LogP contribution in [0.5, 0.6) is 0 Å². The summed E-state index contributed by atoms with van der Waals surface area (Å²) in [7, 11) is 0. The van der Waals surface area contributed by atoms with Gasteiger partial charge < -0.3 is 5.32 Å². The van der Waals surface area contributed by atoms with Crippen molar-refractivity contribution in [1.29, 1.82) is 0 Å². The highest BCUT2D eigenvalue weighted by molar-refractivity contribution is 6.35. The van der Waals surface area contributed by atoms with Crippen molar-refractivity contribution in [2.45, 2.75) is 19.3 Å². The fourth-order valence-corrected chi connectivity index (χ4v) is 3.20. The summed E-state index contributed by atoms with van der Waals surface area (Å²) in [6.45, 7) is 0. The van der Waals surface area contributed by atoms with E-state index in [9.17, 15) is 0 Å². The van der Waals surface area contributed by atoms with E-state index >= 15 is 0 Å². The Hall–Kier alpha value is -2.06. The molecule has 0 unspecified atom stereocenters. The fourth-order valence-electron chi connectivity index (χ4n) is 2.98. The third-order valence-electron chi connectivity index (χ3n) is 4.04. The van der Waals surface area contributed by atoms with Gasteiger partial charge in [0, 0.05) is 11.1 Å². The molecule has 1 N–H and O–H groups in total. The molecule has 3 aromatic rings. The molecule has 0 saturated heterocycles. The van der Waals surface area contributed by atoms with Gasteiger partial charge in [-0.2, -0.15) is 0 Å². The lowest BCUT2D eigenvalue weighted by atomic mass is 10.1. The number of rotatable bonds is 2. The maximum absolute atomic E-state index is 6.22. The summed E-state index contributed by atoms with van der Waals surface area (Å²) in [5, 5.41) is 5.13. The highest BCUT2D eigenvalue weighted by Crippen LogP contribution is 2.28. The molecule has 2 aromatic carbocycles. The average molecular weight is 295 g/mol. The van der Waals surface area contributed by atoms with Crippen molar-refractivity contribution in [3.05, 3.63) is 64.7 Å². The predicted octanol–water partition coefficient (Wildman–Crippen LogP) is 5.12. The molecule has 0 saturated carbocycles. The number of aromatic nitrogens is 1. The summed E-state index contributed by atoms with van der Waals surface area (Å²) >= 11 is 6.22. The predicted molar refractivity (Wildman–Crippen MR) is 88.5 cm³/mol. The molecule has 0 fully saturated rings. The zero-order chi connectivity index (χ0) is 14.2. The highest BCUT2D eigenvalue weighted by Gasteiger charge is 2.11. The lowest BCUT2D eigenvalue weighted by Crippen LogP contribution is -1.95. The largest absolute Gasteiger partial charge is 0.340 e. The summed E-state index contributed by atoms with van der Waals surface area (Å²) in [6, 6.07) is 16.5. The smallest absolute Gasteiger partial charge is 0.131 e. The van der Waals surface area contributed by atoms with E-state index in [0.717, 1.165) is 22.4 Å². The van der Waals surface area contributed by atoms with Crippen LogP contribution in [0.2, 0.25) is 5.02 Å². The quantitative estimate of drug-likeness (QED) is 0.709. The number of para-hydroxylation sites is 1. The molecule has 0 spiro atoms. The molecule has 0 atom stereocenters. The van der Waals surface area contributed by atoms with Gasteiger partial charge >= 0.3 is 0 Å². The van der Waals surface area contributed by atoms with Gasteiger partial charge in [-0.3, -0.25) is 0 Å². The summed E-state index contributed by atoms with van der Waals surface area (Å²) in [5.74, 6) is 0.827. The number of anilines is 2. The average Bonchev–Trinajstić information content (AvgIpc) is 2.96. The Labute approximate surface area is 128 Å². The number of fused-ring (bicyclic) bond motifs is 2. The van der Waals surface area contributed by atoms with Crippen LogP contribution in [0.15, 0.2) is 48.5 Å². The maximum Gasteiger partial charge on any atom is 0.131 e. The Balaban J connectivity index is 1.69. The second-order valence-corrected chi connectivity index (χ2v) is 5.88. The van der Waals surface area contributed by atoms with Crippen LogP contribution in [-0.4, -0.2) is 4.98 Å². The van der Waals surface area contributed by atoms with Crippen LogP contribution in [0.25, 0.3) is 10.9 Å². The van der Waals surface area contributed by atoms with Crippen molar-refractivity contribution in [3.63, 3.8) is 0 Å². The normalized spacial score (nSPS) is 13.4. The van der Waals surface area contributed by atoms with Gasteiger partial charge in [0.05, 0.1) is 10.5 Å². The number of pyridine rings is 1. The minimum atomic E-state index is 0.685. The maximum atomic E-state index is 6.22. The monoisotopic (exact) mass is 294 g/mol. The van der Waals surface area contributed by atoms with E-state index < -0.39 is 0 Å². The van der Waals surface area contributed by atoms with Crippen molar-refractivity contribution in [3.8, 4) is 0 Å². The molecule has 4 rings (SSSR count). The Kier molecular flexibility index (Phi) is 3.04.